The number of hydrogen-bond acceptors (Lipinski definition) is 3. The fourth-order valence-corrected chi connectivity index (χ4v) is 1.64. The summed E-state index contributed by atoms with van der Waals surface area (Å²) in [6, 6.07) is 3.57. The molecule has 88 valence electrons. The van der Waals surface area contributed by atoms with Gasteiger partial charge in [-0.25, -0.2) is 14.4 Å². The third-order valence-electron chi connectivity index (χ3n) is 1.78. The second-order valence-electron chi connectivity index (χ2n) is 2.98. The molecular weight excluding hydrogens is 317 g/mol. The van der Waals surface area contributed by atoms with Gasteiger partial charge < -0.3 is 4.74 Å². The van der Waals surface area contributed by atoms with Crippen LogP contribution in [-0.4, -0.2) is 9.97 Å². The quantitative estimate of drug-likeness (QED) is 0.620. The van der Waals surface area contributed by atoms with Crippen molar-refractivity contribution in [2.45, 2.75) is 0 Å². The van der Waals surface area contributed by atoms with Crippen LogP contribution in [0.1, 0.15) is 0 Å². The van der Waals surface area contributed by atoms with Crippen molar-refractivity contribution in [3.05, 3.63) is 45.8 Å². The van der Waals surface area contributed by atoms with Gasteiger partial charge in [-0.05, 0) is 12.1 Å². The number of rotatable bonds is 2. The lowest BCUT2D eigenvalue weighted by molar-refractivity contribution is 0.404. The Balaban J connectivity index is 2.36. The van der Waals surface area contributed by atoms with Crippen molar-refractivity contribution in [2.75, 3.05) is 0 Å². The molecule has 0 N–H and O–H groups in total. The van der Waals surface area contributed by atoms with E-state index in [0.717, 1.165) is 12.4 Å². The molecular formula is C10H4BrClF2N2O. The highest BCUT2D eigenvalue weighted by Crippen LogP contribution is 2.29. The van der Waals surface area contributed by atoms with Crippen LogP contribution in [0.5, 0.6) is 11.6 Å². The van der Waals surface area contributed by atoms with Crippen LogP contribution in [0.25, 0.3) is 0 Å². The maximum Gasteiger partial charge on any atom is 0.223 e. The van der Waals surface area contributed by atoms with Gasteiger partial charge in [0.15, 0.2) is 11.6 Å². The van der Waals surface area contributed by atoms with Gasteiger partial charge in [-0.2, -0.15) is 4.39 Å². The highest BCUT2D eigenvalue weighted by atomic mass is 79.9. The molecule has 1 aromatic carbocycles. The molecule has 0 saturated carbocycles. The van der Waals surface area contributed by atoms with Crippen molar-refractivity contribution in [3.8, 4) is 11.6 Å². The summed E-state index contributed by atoms with van der Waals surface area (Å²) >= 11 is 8.63. The third kappa shape index (κ3) is 2.89. The van der Waals surface area contributed by atoms with Crippen molar-refractivity contribution in [2.24, 2.45) is 0 Å². The highest BCUT2D eigenvalue weighted by Gasteiger charge is 2.12. The third-order valence-corrected chi connectivity index (χ3v) is 2.45. The topological polar surface area (TPSA) is 35.0 Å². The molecule has 0 aliphatic rings. The van der Waals surface area contributed by atoms with Gasteiger partial charge in [0.25, 0.3) is 0 Å². The van der Waals surface area contributed by atoms with E-state index in [1.807, 2.05) is 0 Å². The average Bonchev–Trinajstić information content (AvgIpc) is 2.25. The summed E-state index contributed by atoms with van der Waals surface area (Å²) in [6.45, 7) is 0. The van der Waals surface area contributed by atoms with Crippen LogP contribution >= 0.6 is 27.5 Å². The van der Waals surface area contributed by atoms with Gasteiger partial charge >= 0.3 is 0 Å². The second kappa shape index (κ2) is 4.93. The Kier molecular flexibility index (Phi) is 3.54. The van der Waals surface area contributed by atoms with Crippen LogP contribution in [0.15, 0.2) is 29.0 Å². The van der Waals surface area contributed by atoms with Gasteiger partial charge in [0.1, 0.15) is 11.5 Å². The molecule has 1 heterocycles. The highest BCUT2D eigenvalue weighted by molar-refractivity contribution is 9.10. The Morgan fingerprint density at radius 1 is 1.18 bits per heavy atom. The summed E-state index contributed by atoms with van der Waals surface area (Å²) in [7, 11) is 0. The predicted molar refractivity (Wildman–Crippen MR) is 61.2 cm³/mol. The summed E-state index contributed by atoms with van der Waals surface area (Å²) in [4.78, 5) is 7.35. The molecule has 17 heavy (non-hydrogen) atoms. The van der Waals surface area contributed by atoms with E-state index >= 15 is 0 Å². The fourth-order valence-electron chi connectivity index (χ4n) is 1.09. The van der Waals surface area contributed by atoms with Gasteiger partial charge in [-0.15, -0.1) is 0 Å². The first kappa shape index (κ1) is 12.2. The first-order valence-electron chi connectivity index (χ1n) is 4.36. The van der Waals surface area contributed by atoms with E-state index in [2.05, 4.69) is 25.9 Å². The lowest BCUT2D eigenvalue weighted by Crippen LogP contribution is -1.94. The Morgan fingerprint density at radius 2 is 1.94 bits per heavy atom. The van der Waals surface area contributed by atoms with E-state index in [1.165, 1.54) is 12.1 Å². The second-order valence-corrected chi connectivity index (χ2v) is 4.28. The monoisotopic (exact) mass is 320 g/mol. The van der Waals surface area contributed by atoms with E-state index in [0.29, 0.717) is 4.47 Å². The Morgan fingerprint density at radius 3 is 2.65 bits per heavy atom. The van der Waals surface area contributed by atoms with E-state index < -0.39 is 11.6 Å². The minimum absolute atomic E-state index is 0.0291. The average molecular weight is 322 g/mol. The summed E-state index contributed by atoms with van der Waals surface area (Å²) in [6.07, 6.45) is 1.16. The number of halogens is 4. The summed E-state index contributed by atoms with van der Waals surface area (Å²) in [5, 5.41) is 0.144. The molecule has 0 saturated heterocycles. The molecule has 7 heteroatoms. The zero-order chi connectivity index (χ0) is 12.4. The number of aromatic nitrogens is 2. The molecule has 0 amide bonds. The van der Waals surface area contributed by atoms with Crippen molar-refractivity contribution in [1.29, 1.82) is 0 Å². The Hall–Kier alpha value is -1.27. The fraction of sp³-hybridized carbons (Fsp3) is 0. The zero-order valence-corrected chi connectivity index (χ0v) is 10.5. The SMILES string of the molecule is Fc1cc(Br)cc(Oc2cc(Cl)ncn2)c1F. The molecule has 1 aromatic heterocycles. The van der Waals surface area contributed by atoms with E-state index in [9.17, 15) is 8.78 Å². The van der Waals surface area contributed by atoms with Crippen molar-refractivity contribution >= 4 is 27.5 Å². The zero-order valence-electron chi connectivity index (χ0n) is 8.12. The largest absolute Gasteiger partial charge is 0.436 e. The van der Waals surface area contributed by atoms with E-state index in [4.69, 9.17) is 16.3 Å². The predicted octanol–water partition coefficient (Wildman–Crippen LogP) is 3.96. The normalized spacial score (nSPS) is 10.4. The lowest BCUT2D eigenvalue weighted by Gasteiger charge is -2.06. The standard InChI is InChI=1S/C10H4BrClF2N2O/c11-5-1-6(13)10(14)7(2-5)17-9-3-8(12)15-4-16-9/h1-4H. The van der Waals surface area contributed by atoms with Crippen LogP contribution in [0.4, 0.5) is 8.78 Å². The van der Waals surface area contributed by atoms with E-state index in [1.54, 1.807) is 0 Å². The smallest absolute Gasteiger partial charge is 0.223 e. The Labute approximate surface area is 109 Å². The van der Waals surface area contributed by atoms with Gasteiger partial charge in [0.2, 0.25) is 11.7 Å². The molecule has 2 aromatic rings. The molecule has 0 fully saturated rings. The van der Waals surface area contributed by atoms with E-state index in [-0.39, 0.29) is 16.8 Å². The molecule has 3 nitrogen and oxygen atoms in total. The minimum Gasteiger partial charge on any atom is -0.436 e. The first-order chi connectivity index (χ1) is 8.06. The molecule has 0 aliphatic carbocycles. The molecule has 0 bridgehead atoms. The van der Waals surface area contributed by atoms with Gasteiger partial charge in [0.05, 0.1) is 0 Å². The molecule has 2 rings (SSSR count). The Bertz CT molecular complexity index is 568. The number of hydrogen-bond donors (Lipinski definition) is 0. The number of nitrogens with zero attached hydrogens (tertiary/aromatic N) is 2. The number of ether oxygens (including phenoxy) is 1. The molecule has 0 aliphatic heterocycles. The molecule has 0 spiro atoms. The summed E-state index contributed by atoms with van der Waals surface area (Å²) in [5.41, 5.74) is 0. The van der Waals surface area contributed by atoms with Crippen LogP contribution in [0, 0.1) is 11.6 Å². The maximum absolute atomic E-state index is 13.4. The molecule has 0 radical (unpaired) electrons. The van der Waals surface area contributed by atoms with Crippen LogP contribution in [0.3, 0.4) is 0 Å². The van der Waals surface area contributed by atoms with Crippen LogP contribution in [0.2, 0.25) is 5.15 Å². The summed E-state index contributed by atoms with van der Waals surface area (Å²) < 4.78 is 31.9. The molecule has 0 unspecified atom stereocenters. The van der Waals surface area contributed by atoms with Crippen LogP contribution in [-0.2, 0) is 0 Å². The number of benzene rings is 1. The lowest BCUT2D eigenvalue weighted by atomic mass is 10.3. The first-order valence-corrected chi connectivity index (χ1v) is 5.53. The molecule has 0 atom stereocenters. The maximum atomic E-state index is 13.4. The van der Waals surface area contributed by atoms with Crippen molar-refractivity contribution < 1.29 is 13.5 Å². The minimum atomic E-state index is -1.09. The van der Waals surface area contributed by atoms with Crippen LogP contribution < -0.4 is 4.74 Å². The van der Waals surface area contributed by atoms with Crippen molar-refractivity contribution in [3.63, 3.8) is 0 Å². The van der Waals surface area contributed by atoms with Gasteiger partial charge in [0, 0.05) is 10.5 Å². The van der Waals surface area contributed by atoms with Crippen molar-refractivity contribution in [1.82, 2.24) is 9.97 Å². The van der Waals surface area contributed by atoms with Gasteiger partial charge in [-0.1, -0.05) is 27.5 Å². The summed E-state index contributed by atoms with van der Waals surface area (Å²) in [5.74, 6) is -2.37. The van der Waals surface area contributed by atoms with Gasteiger partial charge in [-0.3, -0.25) is 0 Å².